The van der Waals surface area contributed by atoms with E-state index in [0.29, 0.717) is 16.6 Å². The van der Waals surface area contributed by atoms with Crippen LogP contribution in [-0.4, -0.2) is 54.4 Å². The van der Waals surface area contributed by atoms with Gasteiger partial charge in [-0.05, 0) is 55.1 Å². The Morgan fingerprint density at radius 3 is 2.77 bits per heavy atom. The number of thiocarbonyl (C=S) groups is 1. The topological polar surface area (TPSA) is 65.0 Å². The van der Waals surface area contributed by atoms with E-state index in [1.54, 1.807) is 23.5 Å². The average Bonchev–Trinajstić information content (AvgIpc) is 3.10. The van der Waals surface area contributed by atoms with E-state index in [1.807, 2.05) is 12.1 Å². The molecule has 0 unspecified atom stereocenters. The Morgan fingerprint density at radius 2 is 2.07 bits per heavy atom. The summed E-state index contributed by atoms with van der Waals surface area (Å²) in [6, 6.07) is 7.33. The van der Waals surface area contributed by atoms with Crippen LogP contribution in [0.25, 0.3) is 0 Å². The molecule has 1 fully saturated rings. The van der Waals surface area contributed by atoms with Crippen LogP contribution in [0.3, 0.4) is 0 Å². The zero-order chi connectivity index (χ0) is 21.3. The van der Waals surface area contributed by atoms with E-state index in [-0.39, 0.29) is 11.7 Å². The fourth-order valence-corrected chi connectivity index (χ4v) is 5.94. The van der Waals surface area contributed by atoms with Gasteiger partial charge in [0.25, 0.3) is 0 Å². The van der Waals surface area contributed by atoms with Crippen LogP contribution in [0.2, 0.25) is 0 Å². The maximum Gasteiger partial charge on any atom is 0.341 e. The zero-order valence-electron chi connectivity index (χ0n) is 17.3. The lowest BCUT2D eigenvalue weighted by atomic mass is 9.88. The van der Waals surface area contributed by atoms with Crippen molar-refractivity contribution in [3.8, 4) is 5.75 Å². The maximum atomic E-state index is 12.5. The molecule has 4 rings (SSSR count). The van der Waals surface area contributed by atoms with Gasteiger partial charge in [0, 0.05) is 42.8 Å². The van der Waals surface area contributed by atoms with Crippen molar-refractivity contribution < 1.29 is 14.6 Å². The molecule has 0 saturated carbocycles. The molecule has 8 heteroatoms. The highest BCUT2D eigenvalue weighted by Crippen LogP contribution is 2.40. The van der Waals surface area contributed by atoms with Crippen LogP contribution in [0, 0.1) is 5.92 Å². The van der Waals surface area contributed by atoms with Gasteiger partial charge in [-0.3, -0.25) is 0 Å². The minimum atomic E-state index is -0.291. The summed E-state index contributed by atoms with van der Waals surface area (Å²) in [6.45, 7) is 5.43. The molecule has 2 aliphatic rings. The average molecular weight is 446 g/mol. The first-order valence-electron chi connectivity index (χ1n) is 10.3. The number of nitrogens with zero attached hydrogens (tertiary/aromatic N) is 2. The second kappa shape index (κ2) is 8.81. The lowest BCUT2D eigenvalue weighted by Gasteiger charge is -2.37. The molecule has 1 atom stereocenters. The van der Waals surface area contributed by atoms with E-state index in [9.17, 15) is 9.90 Å². The van der Waals surface area contributed by atoms with E-state index < -0.39 is 0 Å². The molecular weight excluding hydrogens is 418 g/mol. The summed E-state index contributed by atoms with van der Waals surface area (Å²) < 4.78 is 5.07. The Morgan fingerprint density at radius 1 is 1.30 bits per heavy atom. The van der Waals surface area contributed by atoms with Gasteiger partial charge in [-0.15, -0.1) is 11.3 Å². The molecule has 0 bridgehead atoms. The van der Waals surface area contributed by atoms with Crippen molar-refractivity contribution in [3.63, 3.8) is 0 Å². The molecule has 30 heavy (non-hydrogen) atoms. The number of rotatable bonds is 3. The van der Waals surface area contributed by atoms with Crippen molar-refractivity contribution >= 4 is 45.3 Å². The number of carbonyl (C=O) groups excluding carboxylic acids is 1. The van der Waals surface area contributed by atoms with Crippen LogP contribution >= 0.6 is 23.6 Å². The molecule has 6 nitrogen and oxygen atoms in total. The minimum absolute atomic E-state index is 0.276. The number of fused-ring (bicyclic) bond motifs is 1. The number of hydrogen-bond donors (Lipinski definition) is 2. The van der Waals surface area contributed by atoms with E-state index in [0.717, 1.165) is 61.7 Å². The van der Waals surface area contributed by atoms with Gasteiger partial charge < -0.3 is 25.0 Å². The Labute approximate surface area is 186 Å². The van der Waals surface area contributed by atoms with Crippen LogP contribution < -0.4 is 10.2 Å². The fraction of sp³-hybridized carbons (Fsp3) is 0.455. The number of esters is 1. The highest BCUT2D eigenvalue weighted by Gasteiger charge is 2.29. The summed E-state index contributed by atoms with van der Waals surface area (Å²) in [4.78, 5) is 18.1. The number of benzene rings is 1. The summed E-state index contributed by atoms with van der Waals surface area (Å²) in [5, 5.41) is 14.5. The van der Waals surface area contributed by atoms with Gasteiger partial charge in [-0.1, -0.05) is 13.0 Å². The van der Waals surface area contributed by atoms with Gasteiger partial charge in [-0.2, -0.15) is 0 Å². The Hall–Kier alpha value is -2.32. The van der Waals surface area contributed by atoms with Crippen LogP contribution in [-0.2, 0) is 17.6 Å². The molecule has 2 N–H and O–H groups in total. The Kier molecular flexibility index (Phi) is 6.15. The third-order valence-corrected chi connectivity index (χ3v) is 7.41. The molecule has 0 amide bonds. The Balaban J connectivity index is 1.45. The smallest absolute Gasteiger partial charge is 0.341 e. The van der Waals surface area contributed by atoms with Crippen LogP contribution in [0.15, 0.2) is 24.3 Å². The first-order chi connectivity index (χ1) is 14.5. The highest BCUT2D eigenvalue weighted by molar-refractivity contribution is 7.80. The van der Waals surface area contributed by atoms with Crippen molar-refractivity contribution in [2.24, 2.45) is 5.92 Å². The molecule has 2 aromatic rings. The van der Waals surface area contributed by atoms with E-state index in [1.165, 1.54) is 12.0 Å². The van der Waals surface area contributed by atoms with E-state index in [4.69, 9.17) is 17.0 Å². The summed E-state index contributed by atoms with van der Waals surface area (Å²) in [7, 11) is 1.43. The van der Waals surface area contributed by atoms with E-state index >= 15 is 0 Å². The van der Waals surface area contributed by atoms with Crippen molar-refractivity contribution in [2.75, 3.05) is 43.5 Å². The zero-order valence-corrected chi connectivity index (χ0v) is 18.9. The molecule has 1 aliphatic heterocycles. The molecule has 0 radical (unpaired) electrons. The number of anilines is 2. The lowest BCUT2D eigenvalue weighted by Crippen LogP contribution is -2.50. The van der Waals surface area contributed by atoms with Crippen molar-refractivity contribution in [1.82, 2.24) is 4.90 Å². The number of aromatic hydroxyl groups is 1. The maximum absolute atomic E-state index is 12.5. The Bertz CT molecular complexity index is 951. The largest absolute Gasteiger partial charge is 0.508 e. The number of phenols is 1. The second-order valence-corrected chi connectivity index (χ2v) is 9.46. The van der Waals surface area contributed by atoms with Crippen LogP contribution in [0.1, 0.15) is 34.1 Å². The molecule has 1 aliphatic carbocycles. The number of phenolic OH excluding ortho intramolecular Hbond substituents is 1. The third-order valence-electron chi connectivity index (χ3n) is 5.88. The van der Waals surface area contributed by atoms with Crippen molar-refractivity contribution in [2.45, 2.75) is 26.2 Å². The molecule has 1 saturated heterocycles. The highest BCUT2D eigenvalue weighted by atomic mass is 32.1. The number of ether oxygens (including phenoxy) is 1. The number of piperazine rings is 1. The first kappa shape index (κ1) is 20.9. The number of nitrogens with one attached hydrogen (secondary N) is 1. The molecular formula is C22H27N3O3S2. The molecule has 1 aromatic carbocycles. The van der Waals surface area contributed by atoms with Gasteiger partial charge in [0.15, 0.2) is 5.11 Å². The molecule has 160 valence electrons. The first-order valence-corrected chi connectivity index (χ1v) is 11.5. The predicted molar refractivity (Wildman–Crippen MR) is 125 cm³/mol. The summed E-state index contributed by atoms with van der Waals surface area (Å²) in [5.41, 5.74) is 2.80. The number of carbonyl (C=O) groups is 1. The van der Waals surface area contributed by atoms with Crippen LogP contribution in [0.5, 0.6) is 5.75 Å². The van der Waals surface area contributed by atoms with Gasteiger partial charge in [0.1, 0.15) is 10.8 Å². The van der Waals surface area contributed by atoms with Crippen molar-refractivity contribution in [1.29, 1.82) is 0 Å². The standard InChI is InChI=1S/C22H27N3O3S2/c1-14-6-7-17-18(12-14)30-20(19(17)21(27)28-2)23-22(29)25-10-8-24(9-11-25)15-4-3-5-16(26)13-15/h3-5,13-14,26H,6-12H2,1-2H3,(H,23,29)/t14-/m1/s1. The quantitative estimate of drug-likeness (QED) is 0.549. The molecule has 0 spiro atoms. The monoisotopic (exact) mass is 445 g/mol. The number of methoxy groups -OCH3 is 1. The number of thiophene rings is 1. The van der Waals surface area contributed by atoms with Crippen molar-refractivity contribution in [3.05, 3.63) is 40.3 Å². The molecule has 2 heterocycles. The van der Waals surface area contributed by atoms with Gasteiger partial charge in [0.2, 0.25) is 0 Å². The summed E-state index contributed by atoms with van der Waals surface area (Å²) in [6.07, 6.45) is 3.00. The van der Waals surface area contributed by atoms with Gasteiger partial charge in [0.05, 0.1) is 12.7 Å². The lowest BCUT2D eigenvalue weighted by molar-refractivity contribution is 0.0601. The van der Waals surface area contributed by atoms with Gasteiger partial charge in [-0.25, -0.2) is 4.79 Å². The predicted octanol–water partition coefficient (Wildman–Crippen LogP) is 3.88. The molecule has 1 aromatic heterocycles. The normalized spacial score (nSPS) is 18.7. The summed E-state index contributed by atoms with van der Waals surface area (Å²) >= 11 is 7.33. The number of hydrogen-bond acceptors (Lipinski definition) is 6. The van der Waals surface area contributed by atoms with E-state index in [2.05, 4.69) is 22.0 Å². The second-order valence-electron chi connectivity index (χ2n) is 7.97. The van der Waals surface area contributed by atoms with Gasteiger partial charge >= 0.3 is 5.97 Å². The van der Waals surface area contributed by atoms with Crippen LogP contribution in [0.4, 0.5) is 10.7 Å². The minimum Gasteiger partial charge on any atom is -0.508 e. The summed E-state index contributed by atoms with van der Waals surface area (Å²) in [5.74, 6) is 0.617. The third kappa shape index (κ3) is 4.25. The SMILES string of the molecule is COC(=O)c1c(NC(=S)N2CCN(c3cccc(O)c3)CC2)sc2c1CC[C@@H](C)C2. The fourth-order valence-electron chi connectivity index (χ4n) is 4.19.